The molecule has 5 heteroatoms. The molecule has 1 fully saturated rings. The largest absolute Gasteiger partial charge is 0.466 e. The number of ether oxygens (including phenoxy) is 4. The molecule has 0 aromatic carbocycles. The van der Waals surface area contributed by atoms with Crippen LogP contribution in [0, 0.1) is 0 Å². The van der Waals surface area contributed by atoms with Gasteiger partial charge in [0, 0.05) is 13.0 Å². The van der Waals surface area contributed by atoms with E-state index in [4.69, 9.17) is 18.9 Å². The maximum Gasteiger partial charge on any atom is 0.305 e. The van der Waals surface area contributed by atoms with E-state index in [1.807, 2.05) is 13.8 Å². The first-order chi connectivity index (χ1) is 12.1. The molecule has 148 valence electrons. The number of unbranched alkanes of at least 4 members (excludes halogenated alkanes) is 7. The maximum absolute atomic E-state index is 11.4. The summed E-state index contributed by atoms with van der Waals surface area (Å²) in [4.78, 5) is 11.4. The standard InChI is InChI=1S/C20H38O5/c1-4-6-7-8-9-10-11-12-15-22-16-18-17-24-20(3,25-18)14-13-19(21)23-5-2/h18H,4-17H2,1-3H3. The molecule has 0 aliphatic carbocycles. The quantitative estimate of drug-likeness (QED) is 0.316. The minimum atomic E-state index is -0.695. The first-order valence-corrected chi connectivity index (χ1v) is 10.1. The lowest BCUT2D eigenvalue weighted by Gasteiger charge is -2.22. The van der Waals surface area contributed by atoms with E-state index in [1.165, 1.54) is 44.9 Å². The molecule has 1 aliphatic rings. The third kappa shape index (κ3) is 10.8. The highest BCUT2D eigenvalue weighted by Gasteiger charge is 2.37. The Morgan fingerprint density at radius 3 is 2.44 bits per heavy atom. The van der Waals surface area contributed by atoms with E-state index >= 15 is 0 Å². The van der Waals surface area contributed by atoms with Crippen molar-refractivity contribution >= 4 is 5.97 Å². The molecule has 5 nitrogen and oxygen atoms in total. The molecule has 0 aromatic rings. The lowest BCUT2D eigenvalue weighted by Crippen LogP contribution is -2.29. The number of carbonyl (C=O) groups is 1. The van der Waals surface area contributed by atoms with E-state index in [0.29, 0.717) is 32.7 Å². The number of hydrogen-bond donors (Lipinski definition) is 0. The molecule has 1 rings (SSSR count). The molecule has 0 spiro atoms. The Kier molecular flexibility index (Phi) is 12.1. The molecule has 0 aromatic heterocycles. The van der Waals surface area contributed by atoms with Gasteiger partial charge in [-0.05, 0) is 20.3 Å². The van der Waals surface area contributed by atoms with Crippen LogP contribution in [0.3, 0.4) is 0 Å². The summed E-state index contributed by atoms with van der Waals surface area (Å²) >= 11 is 0. The molecule has 1 saturated heterocycles. The highest BCUT2D eigenvalue weighted by atomic mass is 16.7. The zero-order valence-electron chi connectivity index (χ0n) is 16.5. The summed E-state index contributed by atoms with van der Waals surface area (Å²) in [6.07, 6.45) is 11.2. The van der Waals surface area contributed by atoms with Crippen LogP contribution in [0.5, 0.6) is 0 Å². The zero-order chi connectivity index (χ0) is 18.4. The summed E-state index contributed by atoms with van der Waals surface area (Å²) in [7, 11) is 0. The van der Waals surface area contributed by atoms with E-state index in [-0.39, 0.29) is 12.1 Å². The molecule has 0 radical (unpaired) electrons. The van der Waals surface area contributed by atoms with Crippen molar-refractivity contribution < 1.29 is 23.7 Å². The Balaban J connectivity index is 1.97. The summed E-state index contributed by atoms with van der Waals surface area (Å²) < 4.78 is 22.3. The van der Waals surface area contributed by atoms with Gasteiger partial charge in [-0.1, -0.05) is 51.9 Å². The minimum Gasteiger partial charge on any atom is -0.466 e. The van der Waals surface area contributed by atoms with Gasteiger partial charge in [-0.3, -0.25) is 4.79 Å². The third-order valence-electron chi connectivity index (χ3n) is 4.53. The second-order valence-corrected chi connectivity index (χ2v) is 7.04. The summed E-state index contributed by atoms with van der Waals surface area (Å²) in [5, 5.41) is 0. The van der Waals surface area contributed by atoms with Gasteiger partial charge >= 0.3 is 5.97 Å². The topological polar surface area (TPSA) is 54.0 Å². The molecule has 1 heterocycles. The van der Waals surface area contributed by atoms with Gasteiger partial charge in [0.2, 0.25) is 0 Å². The van der Waals surface area contributed by atoms with Gasteiger partial charge in [0.15, 0.2) is 5.79 Å². The van der Waals surface area contributed by atoms with E-state index < -0.39 is 5.79 Å². The normalized spacial score (nSPS) is 23.1. The van der Waals surface area contributed by atoms with Crippen molar-refractivity contribution in [2.24, 2.45) is 0 Å². The summed E-state index contributed by atoms with van der Waals surface area (Å²) in [5.41, 5.74) is 0. The van der Waals surface area contributed by atoms with Crippen LogP contribution in [0.2, 0.25) is 0 Å². The van der Waals surface area contributed by atoms with Crippen LogP contribution in [0.25, 0.3) is 0 Å². The molecule has 1 aliphatic heterocycles. The number of carbonyl (C=O) groups excluding carboxylic acids is 1. The van der Waals surface area contributed by atoms with Crippen LogP contribution in [-0.4, -0.2) is 44.3 Å². The fraction of sp³-hybridized carbons (Fsp3) is 0.950. The van der Waals surface area contributed by atoms with Gasteiger partial charge in [0.25, 0.3) is 0 Å². The zero-order valence-corrected chi connectivity index (χ0v) is 16.5. The average Bonchev–Trinajstić information content (AvgIpc) is 2.97. The molecule has 25 heavy (non-hydrogen) atoms. The second kappa shape index (κ2) is 13.5. The SMILES string of the molecule is CCCCCCCCCCOCC1COC(C)(CCC(=O)OCC)O1. The molecule has 0 bridgehead atoms. The van der Waals surface area contributed by atoms with Crippen LogP contribution in [0.15, 0.2) is 0 Å². The summed E-state index contributed by atoms with van der Waals surface area (Å²) in [5.74, 6) is -0.899. The Labute approximate surface area is 153 Å². The molecule has 0 amide bonds. The molecule has 0 saturated carbocycles. The monoisotopic (exact) mass is 358 g/mol. The number of esters is 1. The second-order valence-electron chi connectivity index (χ2n) is 7.04. The van der Waals surface area contributed by atoms with Crippen molar-refractivity contribution in [3.05, 3.63) is 0 Å². The van der Waals surface area contributed by atoms with Gasteiger partial charge in [-0.25, -0.2) is 0 Å². The fourth-order valence-corrected chi connectivity index (χ4v) is 3.02. The maximum atomic E-state index is 11.4. The van der Waals surface area contributed by atoms with Crippen molar-refractivity contribution in [1.82, 2.24) is 0 Å². The van der Waals surface area contributed by atoms with E-state index in [0.717, 1.165) is 13.0 Å². The minimum absolute atomic E-state index is 0.0405. The Morgan fingerprint density at radius 2 is 1.76 bits per heavy atom. The average molecular weight is 359 g/mol. The van der Waals surface area contributed by atoms with Gasteiger partial charge < -0.3 is 18.9 Å². The van der Waals surface area contributed by atoms with Gasteiger partial charge in [-0.15, -0.1) is 0 Å². The third-order valence-corrected chi connectivity index (χ3v) is 4.53. The highest BCUT2D eigenvalue weighted by Crippen LogP contribution is 2.28. The van der Waals surface area contributed by atoms with Gasteiger partial charge in [0.05, 0.1) is 26.2 Å². The number of hydrogen-bond acceptors (Lipinski definition) is 5. The van der Waals surface area contributed by atoms with Crippen LogP contribution < -0.4 is 0 Å². The Hall–Kier alpha value is -0.650. The van der Waals surface area contributed by atoms with Crippen molar-refractivity contribution in [2.45, 2.75) is 96.9 Å². The molecular formula is C20H38O5. The van der Waals surface area contributed by atoms with E-state index in [9.17, 15) is 4.79 Å². The first kappa shape index (κ1) is 22.4. The van der Waals surface area contributed by atoms with Crippen LogP contribution in [0.1, 0.15) is 85.0 Å². The van der Waals surface area contributed by atoms with Crippen LogP contribution in [0.4, 0.5) is 0 Å². The fourth-order valence-electron chi connectivity index (χ4n) is 3.02. The molecule has 0 N–H and O–H groups in total. The van der Waals surface area contributed by atoms with Gasteiger partial charge in [-0.2, -0.15) is 0 Å². The van der Waals surface area contributed by atoms with Crippen molar-refractivity contribution in [3.8, 4) is 0 Å². The Morgan fingerprint density at radius 1 is 1.08 bits per heavy atom. The van der Waals surface area contributed by atoms with Crippen LogP contribution >= 0.6 is 0 Å². The van der Waals surface area contributed by atoms with E-state index in [1.54, 1.807) is 0 Å². The smallest absolute Gasteiger partial charge is 0.305 e. The van der Waals surface area contributed by atoms with Gasteiger partial charge in [0.1, 0.15) is 6.10 Å². The summed E-state index contributed by atoms with van der Waals surface area (Å²) in [6.45, 7) is 8.22. The predicted octanol–water partition coefficient (Wildman–Crippen LogP) is 4.62. The van der Waals surface area contributed by atoms with Crippen LogP contribution in [-0.2, 0) is 23.7 Å². The highest BCUT2D eigenvalue weighted by molar-refractivity contribution is 5.69. The van der Waals surface area contributed by atoms with Crippen molar-refractivity contribution in [2.75, 3.05) is 26.4 Å². The lowest BCUT2D eigenvalue weighted by atomic mass is 10.1. The molecule has 2 unspecified atom stereocenters. The van der Waals surface area contributed by atoms with E-state index in [2.05, 4.69) is 6.92 Å². The lowest BCUT2D eigenvalue weighted by molar-refractivity contribution is -0.171. The molecular weight excluding hydrogens is 320 g/mol. The predicted molar refractivity (Wildman–Crippen MR) is 98.5 cm³/mol. The molecule has 2 atom stereocenters. The Bertz CT molecular complexity index is 347. The van der Waals surface area contributed by atoms with Crippen molar-refractivity contribution in [3.63, 3.8) is 0 Å². The van der Waals surface area contributed by atoms with Crippen molar-refractivity contribution in [1.29, 1.82) is 0 Å². The summed E-state index contributed by atoms with van der Waals surface area (Å²) in [6, 6.07) is 0. The first-order valence-electron chi connectivity index (χ1n) is 10.1. The number of rotatable bonds is 15.